The number of carbonyl (C=O) groups is 9. The van der Waals surface area contributed by atoms with Crippen LogP contribution in [0, 0.1) is 0 Å². The van der Waals surface area contributed by atoms with Crippen molar-refractivity contribution in [2.45, 2.75) is 200 Å². The van der Waals surface area contributed by atoms with E-state index in [1.165, 1.54) is 0 Å². The summed E-state index contributed by atoms with van der Waals surface area (Å²) in [5.74, 6) is -2.91. The van der Waals surface area contributed by atoms with Gasteiger partial charge in [-0.2, -0.15) is 0 Å². The van der Waals surface area contributed by atoms with Crippen LogP contribution in [-0.2, 0) is 82.1 Å². The van der Waals surface area contributed by atoms with Gasteiger partial charge in [0.1, 0.15) is 72.0 Å². The van der Waals surface area contributed by atoms with E-state index >= 15 is 0 Å². The number of hydrogen-bond donors (Lipinski definition) is 6. The van der Waals surface area contributed by atoms with Gasteiger partial charge in [0.2, 0.25) is 35.4 Å². The summed E-state index contributed by atoms with van der Waals surface area (Å²) in [6.07, 6.45) is -0.984. The van der Waals surface area contributed by atoms with Gasteiger partial charge in [0, 0.05) is 23.0 Å². The third-order valence-corrected chi connectivity index (χ3v) is 19.3. The summed E-state index contributed by atoms with van der Waals surface area (Å²) in [5.41, 5.74) is 22.4. The van der Waals surface area contributed by atoms with E-state index in [-0.39, 0.29) is 38.5 Å². The summed E-state index contributed by atoms with van der Waals surface area (Å²) in [5, 5.41) is 8.94. The smallest absolute Gasteiger partial charge is 0.417 e. The fourth-order valence-electron chi connectivity index (χ4n) is 13.4. The highest BCUT2D eigenvalue weighted by atomic mass is 16.6. The third kappa shape index (κ3) is 29.8. The molecule has 638 valence electrons. The van der Waals surface area contributed by atoms with Crippen molar-refractivity contribution in [3.8, 4) is 17.2 Å². The van der Waals surface area contributed by atoms with Crippen LogP contribution in [-0.4, -0.2) is 123 Å². The summed E-state index contributed by atoms with van der Waals surface area (Å²) in [4.78, 5) is 135. The number of rotatable bonds is 39. The molecule has 9 N–H and O–H groups in total. The lowest BCUT2D eigenvalue weighted by molar-refractivity contribution is -0.137. The molecule has 0 aromatic heterocycles. The van der Waals surface area contributed by atoms with Crippen molar-refractivity contribution in [2.75, 3.05) is 35.6 Å². The average Bonchev–Trinajstić information content (AvgIpc) is 0.896. The molecule has 0 unspecified atom stereocenters. The maximum absolute atomic E-state index is 15.0. The van der Waals surface area contributed by atoms with E-state index in [9.17, 15) is 43.2 Å². The van der Waals surface area contributed by atoms with Gasteiger partial charge in [-0.15, -0.1) is 0 Å². The fraction of sp³-hybridized carbons (Fsp3) is 0.351. The first-order valence-electron chi connectivity index (χ1n) is 41.2. The number of unbranched alkanes of at least 4 members (excludes halogenated alkanes) is 3. The molecule has 0 radical (unpaired) electrons. The zero-order valence-corrected chi connectivity index (χ0v) is 70.8. The van der Waals surface area contributed by atoms with E-state index < -0.39 is 94.6 Å². The Labute approximate surface area is 710 Å². The molecule has 0 aliphatic carbocycles. The fourth-order valence-corrected chi connectivity index (χ4v) is 13.4. The van der Waals surface area contributed by atoms with Crippen LogP contribution < -0.4 is 47.4 Å². The molecule has 0 aliphatic rings. The van der Waals surface area contributed by atoms with Crippen molar-refractivity contribution >= 4 is 70.8 Å². The van der Waals surface area contributed by atoms with Crippen molar-refractivity contribution in [3.63, 3.8) is 0 Å². The van der Waals surface area contributed by atoms with Crippen LogP contribution in [0.5, 0.6) is 17.2 Å². The number of nitrogens with zero attached hydrogens (tertiary/aromatic N) is 3. The first kappa shape index (κ1) is 92.4. The Morgan fingerprint density at radius 1 is 0.298 bits per heavy atom. The number of hydrogen-bond acceptors (Lipinski definition) is 18. The monoisotopic (exact) mass is 1650 g/mol. The molecule has 3 atom stereocenters. The first-order chi connectivity index (χ1) is 57.9. The van der Waals surface area contributed by atoms with Crippen LogP contribution in [0.4, 0.5) is 31.4 Å². The molecule has 121 heavy (non-hydrogen) atoms. The Bertz CT molecular complexity index is 4340. The molecule has 9 amide bonds. The van der Waals surface area contributed by atoms with E-state index in [2.05, 4.69) is 16.0 Å². The predicted molar refractivity (Wildman–Crippen MR) is 468 cm³/mol. The Hall–Kier alpha value is -12.5. The molecule has 0 heterocycles. The number of nitrogens with two attached hydrogens (primary N) is 3. The first-order valence-corrected chi connectivity index (χ1v) is 41.2. The predicted octanol–water partition coefficient (Wildman–Crippen LogP) is 16.9. The summed E-state index contributed by atoms with van der Waals surface area (Å²) < 4.78 is 35.6. The van der Waals surface area contributed by atoms with Crippen LogP contribution in [0.3, 0.4) is 0 Å². The van der Waals surface area contributed by atoms with E-state index in [0.29, 0.717) is 146 Å². The quantitative estimate of drug-likeness (QED) is 0.0118. The standard InChI is InChI=1S/C97H115N9O15/c1-95(2,3)119-92(113)104(85(107)61-67-34-52-79(53-35-67)116-64-70-25-13-10-14-26-70)82(31-19-22-58-98)89(110)101-76-46-40-73(41-47-76)88(74-42-48-77(49-43-74)102-90(111)83(32-20-23-59-99)105(93(114)120-96(4,5)6)86(108)62-68-36-54-80(55-37-68)117-65-71-27-15-11-16-28-71)75-44-50-78(51-45-75)103-91(112)84(33-21-24-60-100)106(94(115)121-97(7,8)9)87(109)63-69-38-56-81(57-39-69)118-66-72-29-17-12-18-30-72/h10-18,25-30,34-57,82-84,88H,19-24,31-33,58-66,98-100H2,1-9H3,(H,101,110)(H,102,111)(H,103,112)/t82-,83-,84-/m0/s1. The zero-order chi connectivity index (χ0) is 87.1. The van der Waals surface area contributed by atoms with E-state index in [0.717, 1.165) is 31.4 Å². The number of imide groups is 3. The van der Waals surface area contributed by atoms with Gasteiger partial charge >= 0.3 is 18.3 Å². The molecule has 0 saturated carbocycles. The minimum atomic E-state index is -1.35. The van der Waals surface area contributed by atoms with E-state index in [4.69, 9.17) is 45.6 Å². The molecule has 24 nitrogen and oxygen atoms in total. The summed E-state index contributed by atoms with van der Waals surface area (Å²) >= 11 is 0. The van der Waals surface area contributed by atoms with Crippen LogP contribution in [0.15, 0.2) is 237 Å². The number of carbonyl (C=O) groups excluding carboxylic acids is 9. The summed E-state index contributed by atoms with van der Waals surface area (Å²) in [7, 11) is 0. The van der Waals surface area contributed by atoms with Gasteiger partial charge in [0.05, 0.1) is 19.3 Å². The molecule has 0 fully saturated rings. The molecule has 0 spiro atoms. The Morgan fingerprint density at radius 2 is 0.529 bits per heavy atom. The second-order valence-electron chi connectivity index (χ2n) is 32.7. The van der Waals surface area contributed by atoms with Crippen molar-refractivity contribution < 1.29 is 71.6 Å². The normalized spacial score (nSPS) is 12.2. The maximum atomic E-state index is 15.0. The van der Waals surface area contributed by atoms with Crippen molar-refractivity contribution in [3.05, 3.63) is 287 Å². The molecule has 0 bridgehead atoms. The van der Waals surface area contributed by atoms with Crippen LogP contribution in [0.2, 0.25) is 0 Å². The molecule has 0 aliphatic heterocycles. The van der Waals surface area contributed by atoms with Crippen molar-refractivity contribution in [1.82, 2.24) is 14.7 Å². The molecule has 9 aromatic carbocycles. The minimum absolute atomic E-state index is 0.0568. The third-order valence-electron chi connectivity index (χ3n) is 19.3. The number of amides is 9. The van der Waals surface area contributed by atoms with Crippen LogP contribution >= 0.6 is 0 Å². The van der Waals surface area contributed by atoms with Gasteiger partial charge in [-0.3, -0.25) is 28.8 Å². The van der Waals surface area contributed by atoms with Gasteiger partial charge in [0.15, 0.2) is 0 Å². The molecule has 0 saturated heterocycles. The number of anilines is 3. The Balaban J connectivity index is 1.02. The van der Waals surface area contributed by atoms with Gasteiger partial charge in [-0.25, -0.2) is 29.1 Å². The summed E-state index contributed by atoms with van der Waals surface area (Å²) in [6.45, 7) is 16.9. The number of ether oxygens (including phenoxy) is 6. The summed E-state index contributed by atoms with van der Waals surface area (Å²) in [6, 6.07) is 66.8. The number of nitrogens with one attached hydrogen (secondary N) is 3. The molecular weight excluding hydrogens is 1530 g/mol. The van der Waals surface area contributed by atoms with Gasteiger partial charge in [0.25, 0.3) is 0 Å². The molecule has 9 rings (SSSR count). The van der Waals surface area contributed by atoms with Crippen molar-refractivity contribution in [2.24, 2.45) is 17.2 Å². The van der Waals surface area contributed by atoms with Crippen molar-refractivity contribution in [1.29, 1.82) is 0 Å². The second-order valence-corrected chi connectivity index (χ2v) is 32.7. The van der Waals surface area contributed by atoms with E-state index in [1.54, 1.807) is 172 Å². The average molecular weight is 1650 g/mol. The molecule has 24 heteroatoms. The highest BCUT2D eigenvalue weighted by Gasteiger charge is 2.41. The second kappa shape index (κ2) is 45.1. The lowest BCUT2D eigenvalue weighted by Gasteiger charge is -2.32. The van der Waals surface area contributed by atoms with Crippen LogP contribution in [0.1, 0.15) is 176 Å². The molecular formula is C97H115N9O15. The largest absolute Gasteiger partial charge is 0.489 e. The Kier molecular flexibility index (Phi) is 34.4. The topological polar surface area (TPSA) is 333 Å². The van der Waals surface area contributed by atoms with E-state index in [1.807, 2.05) is 127 Å². The minimum Gasteiger partial charge on any atom is -0.489 e. The molecule has 9 aromatic rings. The van der Waals surface area contributed by atoms with Gasteiger partial charge in [-0.05, 0) is 263 Å². The number of benzene rings is 9. The maximum Gasteiger partial charge on any atom is 0.417 e. The zero-order valence-electron chi connectivity index (χ0n) is 70.8. The lowest BCUT2D eigenvalue weighted by Crippen LogP contribution is -2.52. The highest BCUT2D eigenvalue weighted by molar-refractivity contribution is 6.05. The van der Waals surface area contributed by atoms with Gasteiger partial charge < -0.3 is 61.6 Å². The SMILES string of the molecule is CC(C)(C)OC(=O)N(C(=O)Cc1ccc(OCc2ccccc2)cc1)[C@@H](CCCCN)C(=O)Nc1ccc(C(c2ccc(NC(=O)[C@H](CCCCN)N(C(=O)Cc3ccc(OCc4ccccc4)cc3)C(=O)OC(C)(C)C)cc2)c2ccc(NC(=O)[C@H](CCCCN)N(C(=O)Cc3ccc(OCc4ccccc4)cc3)C(=O)OC(C)(C)C)cc2)cc1. The van der Waals surface area contributed by atoms with Gasteiger partial charge in [-0.1, -0.05) is 164 Å². The van der Waals surface area contributed by atoms with Crippen LogP contribution in [0.25, 0.3) is 0 Å². The highest BCUT2D eigenvalue weighted by Crippen LogP contribution is 2.36. The Morgan fingerprint density at radius 3 is 0.744 bits per heavy atom. The lowest BCUT2D eigenvalue weighted by atomic mass is 9.85.